The molecular weight excluding hydrogens is 362 g/mol. The molecule has 144 valence electrons. The molecule has 5 nitrogen and oxygen atoms in total. The molecule has 1 heterocycles. The molecule has 1 N–H and O–H groups in total. The van der Waals surface area contributed by atoms with Gasteiger partial charge in [-0.15, -0.1) is 0 Å². The second kappa shape index (κ2) is 8.02. The van der Waals surface area contributed by atoms with Crippen molar-refractivity contribution in [3.8, 4) is 22.8 Å². The number of aromatic nitrogens is 1. The summed E-state index contributed by atoms with van der Waals surface area (Å²) in [5.74, 6) is 0.548. The quantitative estimate of drug-likeness (QED) is 0.506. The summed E-state index contributed by atoms with van der Waals surface area (Å²) in [5, 5.41) is 2.89. The first-order valence-corrected chi connectivity index (χ1v) is 9.32. The number of amides is 1. The van der Waals surface area contributed by atoms with Gasteiger partial charge in [0.25, 0.3) is 5.91 Å². The van der Waals surface area contributed by atoms with Crippen molar-refractivity contribution >= 4 is 17.3 Å². The molecule has 0 atom stereocenters. The van der Waals surface area contributed by atoms with Crippen molar-refractivity contribution in [2.24, 2.45) is 0 Å². The van der Waals surface area contributed by atoms with E-state index in [1.165, 1.54) is 0 Å². The van der Waals surface area contributed by atoms with Gasteiger partial charge >= 0.3 is 0 Å². The smallest absolute Gasteiger partial charge is 0.278 e. The van der Waals surface area contributed by atoms with Crippen molar-refractivity contribution in [3.05, 3.63) is 90.6 Å². The molecule has 4 rings (SSSR count). The molecule has 1 aromatic heterocycles. The average Bonchev–Trinajstić information content (AvgIpc) is 3.21. The molecule has 0 bridgehead atoms. The Morgan fingerprint density at radius 3 is 2.07 bits per heavy atom. The van der Waals surface area contributed by atoms with Gasteiger partial charge in [0.15, 0.2) is 11.5 Å². The molecular formula is C24H21N3O2. The lowest BCUT2D eigenvalue weighted by molar-refractivity contribution is 0.102. The van der Waals surface area contributed by atoms with Gasteiger partial charge in [0.2, 0.25) is 5.89 Å². The van der Waals surface area contributed by atoms with E-state index in [0.29, 0.717) is 17.3 Å². The van der Waals surface area contributed by atoms with Crippen molar-refractivity contribution in [1.29, 1.82) is 0 Å². The molecule has 4 aromatic rings. The maximum atomic E-state index is 13.0. The van der Waals surface area contributed by atoms with Crippen LogP contribution < -0.4 is 10.2 Å². The first kappa shape index (κ1) is 18.5. The Balaban J connectivity index is 1.75. The Labute approximate surface area is 169 Å². The van der Waals surface area contributed by atoms with E-state index in [1.807, 2.05) is 104 Å². The number of oxazole rings is 1. The van der Waals surface area contributed by atoms with Crippen LogP contribution in [0.15, 0.2) is 89.3 Å². The van der Waals surface area contributed by atoms with Crippen LogP contribution in [0.2, 0.25) is 0 Å². The largest absolute Gasteiger partial charge is 0.435 e. The zero-order valence-electron chi connectivity index (χ0n) is 16.3. The van der Waals surface area contributed by atoms with Crippen molar-refractivity contribution in [3.63, 3.8) is 0 Å². The van der Waals surface area contributed by atoms with E-state index in [-0.39, 0.29) is 11.6 Å². The number of para-hydroxylation sites is 1. The Morgan fingerprint density at radius 2 is 1.45 bits per heavy atom. The minimum absolute atomic E-state index is 0.255. The number of carbonyl (C=O) groups is 1. The summed E-state index contributed by atoms with van der Waals surface area (Å²) in [6.45, 7) is 0. The number of nitrogens with one attached hydrogen (secondary N) is 1. The number of hydrogen-bond acceptors (Lipinski definition) is 4. The van der Waals surface area contributed by atoms with Crippen LogP contribution in [0.1, 0.15) is 10.5 Å². The van der Waals surface area contributed by atoms with Crippen LogP contribution in [0.3, 0.4) is 0 Å². The molecule has 29 heavy (non-hydrogen) atoms. The third-order valence-electron chi connectivity index (χ3n) is 4.54. The van der Waals surface area contributed by atoms with Crippen LogP contribution in [0.4, 0.5) is 11.4 Å². The van der Waals surface area contributed by atoms with E-state index in [9.17, 15) is 4.79 Å². The Hall–Kier alpha value is -3.86. The Morgan fingerprint density at radius 1 is 0.828 bits per heavy atom. The second-order valence-electron chi connectivity index (χ2n) is 6.82. The third-order valence-corrected chi connectivity index (χ3v) is 4.54. The summed E-state index contributed by atoms with van der Waals surface area (Å²) in [5.41, 5.74) is 3.63. The number of benzene rings is 3. The van der Waals surface area contributed by atoms with Crippen LogP contribution in [0.25, 0.3) is 22.8 Å². The summed E-state index contributed by atoms with van der Waals surface area (Å²) in [7, 11) is 3.96. The van der Waals surface area contributed by atoms with Crippen molar-refractivity contribution in [2.75, 3.05) is 24.3 Å². The SMILES string of the molecule is CN(C)c1ccc(-c2oc(-c3ccccc3)nc2C(=O)Nc2ccccc2)cc1. The summed E-state index contributed by atoms with van der Waals surface area (Å²) >= 11 is 0. The monoisotopic (exact) mass is 383 g/mol. The van der Waals surface area contributed by atoms with Gasteiger partial charge in [0, 0.05) is 36.6 Å². The normalized spacial score (nSPS) is 10.6. The zero-order valence-corrected chi connectivity index (χ0v) is 16.3. The molecule has 0 aliphatic heterocycles. The lowest BCUT2D eigenvalue weighted by Gasteiger charge is -2.12. The van der Waals surface area contributed by atoms with Crippen LogP contribution in [0.5, 0.6) is 0 Å². The van der Waals surface area contributed by atoms with Crippen molar-refractivity contribution < 1.29 is 9.21 Å². The van der Waals surface area contributed by atoms with Crippen LogP contribution in [-0.2, 0) is 0 Å². The van der Waals surface area contributed by atoms with Crippen molar-refractivity contribution in [2.45, 2.75) is 0 Å². The summed E-state index contributed by atoms with van der Waals surface area (Å²) in [6.07, 6.45) is 0. The van der Waals surface area contributed by atoms with Gasteiger partial charge in [-0.3, -0.25) is 4.79 Å². The van der Waals surface area contributed by atoms with E-state index in [1.54, 1.807) is 0 Å². The van der Waals surface area contributed by atoms with Gasteiger partial charge in [-0.05, 0) is 48.5 Å². The van der Waals surface area contributed by atoms with Gasteiger partial charge in [-0.1, -0.05) is 36.4 Å². The molecule has 0 unspecified atom stereocenters. The highest BCUT2D eigenvalue weighted by molar-refractivity contribution is 6.06. The summed E-state index contributed by atoms with van der Waals surface area (Å²) in [4.78, 5) is 19.5. The van der Waals surface area contributed by atoms with Gasteiger partial charge in [-0.2, -0.15) is 0 Å². The molecule has 0 radical (unpaired) electrons. The maximum absolute atomic E-state index is 13.0. The highest BCUT2D eigenvalue weighted by Gasteiger charge is 2.22. The molecule has 0 aliphatic rings. The fourth-order valence-corrected chi connectivity index (χ4v) is 3.00. The van der Waals surface area contributed by atoms with E-state index in [4.69, 9.17) is 4.42 Å². The van der Waals surface area contributed by atoms with Crippen LogP contribution >= 0.6 is 0 Å². The maximum Gasteiger partial charge on any atom is 0.278 e. The first-order chi connectivity index (χ1) is 14.1. The number of nitrogens with zero attached hydrogens (tertiary/aromatic N) is 2. The van der Waals surface area contributed by atoms with Crippen molar-refractivity contribution in [1.82, 2.24) is 4.98 Å². The minimum atomic E-state index is -0.311. The topological polar surface area (TPSA) is 58.4 Å². The van der Waals surface area contributed by atoms with E-state index >= 15 is 0 Å². The molecule has 0 spiro atoms. The molecule has 3 aromatic carbocycles. The Kier molecular flexibility index (Phi) is 5.12. The predicted molar refractivity (Wildman–Crippen MR) is 116 cm³/mol. The molecule has 1 amide bonds. The van der Waals surface area contributed by atoms with Gasteiger partial charge in [0.1, 0.15) is 0 Å². The standard InChI is InChI=1S/C24H21N3O2/c1-27(2)20-15-13-17(14-16-20)22-21(23(28)25-19-11-7-4-8-12-19)26-24(29-22)18-9-5-3-6-10-18/h3-16H,1-2H3,(H,25,28). The molecule has 0 aliphatic carbocycles. The van der Waals surface area contributed by atoms with Crippen LogP contribution in [0, 0.1) is 0 Å². The lowest BCUT2D eigenvalue weighted by Crippen LogP contribution is -2.13. The lowest BCUT2D eigenvalue weighted by atomic mass is 10.1. The zero-order chi connectivity index (χ0) is 20.2. The molecule has 0 saturated carbocycles. The molecule has 5 heteroatoms. The number of anilines is 2. The third kappa shape index (κ3) is 4.04. The Bertz CT molecular complexity index is 1100. The molecule has 0 fully saturated rings. The van der Waals surface area contributed by atoms with E-state index in [2.05, 4.69) is 10.3 Å². The summed E-state index contributed by atoms with van der Waals surface area (Å²) < 4.78 is 6.06. The number of hydrogen-bond donors (Lipinski definition) is 1. The predicted octanol–water partition coefficient (Wildman–Crippen LogP) is 5.33. The van der Waals surface area contributed by atoms with E-state index in [0.717, 1.165) is 16.8 Å². The highest BCUT2D eigenvalue weighted by atomic mass is 16.4. The van der Waals surface area contributed by atoms with Gasteiger partial charge in [0.05, 0.1) is 0 Å². The molecule has 0 saturated heterocycles. The van der Waals surface area contributed by atoms with E-state index < -0.39 is 0 Å². The van der Waals surface area contributed by atoms with Crippen LogP contribution in [-0.4, -0.2) is 25.0 Å². The number of carbonyl (C=O) groups excluding carboxylic acids is 1. The fourth-order valence-electron chi connectivity index (χ4n) is 3.00. The summed E-state index contributed by atoms with van der Waals surface area (Å²) in [6, 6.07) is 26.7. The van der Waals surface area contributed by atoms with Gasteiger partial charge in [-0.25, -0.2) is 4.98 Å². The first-order valence-electron chi connectivity index (χ1n) is 9.32. The number of rotatable bonds is 5. The average molecular weight is 383 g/mol. The van der Waals surface area contributed by atoms with Gasteiger partial charge < -0.3 is 14.6 Å². The second-order valence-corrected chi connectivity index (χ2v) is 6.82. The minimum Gasteiger partial charge on any atom is -0.435 e. The highest BCUT2D eigenvalue weighted by Crippen LogP contribution is 2.31. The fraction of sp³-hybridized carbons (Fsp3) is 0.0833.